The maximum Gasteiger partial charge on any atom is 0.279 e. The second-order valence-corrected chi connectivity index (χ2v) is 7.79. The lowest BCUT2D eigenvalue weighted by molar-refractivity contribution is 0.0961. The van der Waals surface area contributed by atoms with Crippen LogP contribution < -0.4 is 5.43 Å². The van der Waals surface area contributed by atoms with E-state index < -0.39 is 0 Å². The first kappa shape index (κ1) is 17.7. The summed E-state index contributed by atoms with van der Waals surface area (Å²) < 4.78 is 3.55. The van der Waals surface area contributed by atoms with Crippen molar-refractivity contribution in [3.8, 4) is 22.4 Å². The van der Waals surface area contributed by atoms with Gasteiger partial charge in [-0.3, -0.25) is 14.2 Å². The highest BCUT2D eigenvalue weighted by molar-refractivity contribution is 6.10. The number of rotatable bonds is 3. The van der Waals surface area contributed by atoms with Crippen LogP contribution in [0.15, 0.2) is 102 Å². The van der Waals surface area contributed by atoms with Crippen molar-refractivity contribution in [1.82, 2.24) is 9.13 Å². The molecule has 0 radical (unpaired) electrons. The molecule has 0 N–H and O–H groups in total. The second kappa shape index (κ2) is 6.67. The van der Waals surface area contributed by atoms with Gasteiger partial charge in [0.1, 0.15) is 5.69 Å². The molecule has 4 nitrogen and oxygen atoms in total. The third-order valence-corrected chi connectivity index (χ3v) is 6.00. The van der Waals surface area contributed by atoms with Gasteiger partial charge in [-0.05, 0) is 41.0 Å². The molecule has 0 amide bonds. The molecule has 0 unspecified atom stereocenters. The topological polar surface area (TPSA) is 44.0 Å². The normalized spacial score (nSPS) is 12.2. The highest BCUT2D eigenvalue weighted by Crippen LogP contribution is 2.32. The monoisotopic (exact) mass is 402 g/mol. The Balaban J connectivity index is 1.52. The first-order chi connectivity index (χ1) is 15.2. The maximum atomic E-state index is 13.3. The first-order valence-corrected chi connectivity index (χ1v) is 10.2. The Hall–Kier alpha value is -4.18. The number of pyridine rings is 1. The van der Waals surface area contributed by atoms with Crippen LogP contribution in [0.2, 0.25) is 0 Å². The lowest BCUT2D eigenvalue weighted by Gasteiger charge is -2.16. The van der Waals surface area contributed by atoms with Crippen LogP contribution in [0.3, 0.4) is 0 Å². The van der Waals surface area contributed by atoms with Crippen molar-refractivity contribution in [3.05, 3.63) is 119 Å². The molecule has 1 aliphatic heterocycles. The van der Waals surface area contributed by atoms with Gasteiger partial charge in [-0.1, -0.05) is 66.7 Å². The minimum atomic E-state index is -0.154. The number of aromatic nitrogens is 2. The molecule has 31 heavy (non-hydrogen) atoms. The summed E-state index contributed by atoms with van der Waals surface area (Å²) in [6, 6.07) is 29.8. The smallest absolute Gasteiger partial charge is 0.279 e. The average molecular weight is 402 g/mol. The molecule has 5 aromatic rings. The minimum Gasteiger partial charge on any atom is -0.331 e. The molecule has 0 saturated carbocycles. The fourth-order valence-corrected chi connectivity index (χ4v) is 4.51. The minimum absolute atomic E-state index is 0.0907. The molecule has 0 saturated heterocycles. The second-order valence-electron chi connectivity index (χ2n) is 7.79. The van der Waals surface area contributed by atoms with Gasteiger partial charge in [-0.2, -0.15) is 0 Å². The summed E-state index contributed by atoms with van der Waals surface area (Å²) in [6.45, 7) is 0.509. The number of benzene rings is 3. The van der Waals surface area contributed by atoms with E-state index in [1.54, 1.807) is 16.8 Å². The molecule has 3 aromatic carbocycles. The van der Waals surface area contributed by atoms with Crippen LogP contribution in [-0.2, 0) is 6.54 Å². The third kappa shape index (κ3) is 2.62. The lowest BCUT2D eigenvalue weighted by atomic mass is 10.0. The van der Waals surface area contributed by atoms with E-state index in [1.165, 1.54) is 5.56 Å². The van der Waals surface area contributed by atoms with Crippen LogP contribution in [0.1, 0.15) is 16.1 Å². The molecule has 0 atom stereocenters. The van der Waals surface area contributed by atoms with Gasteiger partial charge in [-0.25, -0.2) is 0 Å². The fourth-order valence-electron chi connectivity index (χ4n) is 4.51. The van der Waals surface area contributed by atoms with Gasteiger partial charge in [0.15, 0.2) is 5.43 Å². The summed E-state index contributed by atoms with van der Waals surface area (Å²) in [5.74, 6) is -0.154. The number of para-hydroxylation sites is 1. The highest BCUT2D eigenvalue weighted by atomic mass is 16.2. The quantitative estimate of drug-likeness (QED) is 0.409. The SMILES string of the molecule is O=C1c2c(c(=O)c3ccccc3n2Cc2ccc(-c3ccccc3)cc2)-c2cccn21. The van der Waals surface area contributed by atoms with Crippen molar-refractivity contribution in [2.24, 2.45) is 0 Å². The summed E-state index contributed by atoms with van der Waals surface area (Å²) in [7, 11) is 0. The van der Waals surface area contributed by atoms with E-state index in [9.17, 15) is 9.59 Å². The predicted octanol–water partition coefficient (Wildman–Crippen LogP) is 5.19. The van der Waals surface area contributed by atoms with E-state index in [2.05, 4.69) is 36.4 Å². The molecule has 6 rings (SSSR count). The van der Waals surface area contributed by atoms with Gasteiger partial charge in [0.2, 0.25) is 0 Å². The van der Waals surface area contributed by atoms with Crippen molar-refractivity contribution in [2.45, 2.75) is 6.54 Å². The number of hydrogen-bond acceptors (Lipinski definition) is 2. The predicted molar refractivity (Wildman–Crippen MR) is 122 cm³/mol. The van der Waals surface area contributed by atoms with E-state index in [0.29, 0.717) is 28.9 Å². The molecular weight excluding hydrogens is 384 g/mol. The Bertz CT molecular complexity index is 1520. The number of nitrogens with zero attached hydrogens (tertiary/aromatic N) is 2. The summed E-state index contributed by atoms with van der Waals surface area (Å²) in [6.07, 6.45) is 1.72. The molecule has 2 aromatic heterocycles. The molecule has 4 heteroatoms. The summed E-state index contributed by atoms with van der Waals surface area (Å²) in [5, 5.41) is 0.629. The third-order valence-electron chi connectivity index (χ3n) is 6.00. The average Bonchev–Trinajstić information content (AvgIpc) is 3.40. The van der Waals surface area contributed by atoms with E-state index in [0.717, 1.165) is 16.6 Å². The molecule has 148 valence electrons. The van der Waals surface area contributed by atoms with Crippen LogP contribution in [0, 0.1) is 0 Å². The molecular formula is C27H18N2O2. The zero-order valence-corrected chi connectivity index (χ0v) is 16.7. The van der Waals surface area contributed by atoms with Crippen LogP contribution in [0.5, 0.6) is 0 Å². The Labute approximate surface area is 178 Å². The first-order valence-electron chi connectivity index (χ1n) is 10.2. The molecule has 0 spiro atoms. The molecule has 1 aliphatic rings. The van der Waals surface area contributed by atoms with Crippen LogP contribution in [0.25, 0.3) is 33.3 Å². The molecule has 0 fully saturated rings. The summed E-state index contributed by atoms with van der Waals surface area (Å²) in [5.41, 5.74) is 5.69. The van der Waals surface area contributed by atoms with E-state index in [1.807, 2.05) is 53.1 Å². The number of fused-ring (bicyclic) bond motifs is 4. The van der Waals surface area contributed by atoms with Crippen molar-refractivity contribution in [1.29, 1.82) is 0 Å². The number of carbonyl (C=O) groups is 1. The maximum absolute atomic E-state index is 13.3. The van der Waals surface area contributed by atoms with Crippen molar-refractivity contribution in [3.63, 3.8) is 0 Å². The van der Waals surface area contributed by atoms with Crippen molar-refractivity contribution < 1.29 is 4.79 Å². The molecule has 0 bridgehead atoms. The van der Waals surface area contributed by atoms with E-state index >= 15 is 0 Å². The van der Waals surface area contributed by atoms with E-state index in [-0.39, 0.29) is 11.3 Å². The standard InChI is InChI=1S/C27H18N2O2/c30-26-21-9-4-5-10-22(21)29(25-24(26)23-11-6-16-28(23)27(25)31)17-18-12-14-20(15-13-18)19-7-2-1-3-8-19/h1-16H,17H2. The largest absolute Gasteiger partial charge is 0.331 e. The number of hydrogen-bond donors (Lipinski definition) is 0. The van der Waals surface area contributed by atoms with Crippen LogP contribution >= 0.6 is 0 Å². The van der Waals surface area contributed by atoms with Crippen molar-refractivity contribution in [2.75, 3.05) is 0 Å². The fraction of sp³-hybridized carbons (Fsp3) is 0.0370. The summed E-state index contributed by atoms with van der Waals surface area (Å²) in [4.78, 5) is 26.5. The Morgan fingerprint density at radius 2 is 1.39 bits per heavy atom. The highest BCUT2D eigenvalue weighted by Gasteiger charge is 2.32. The Morgan fingerprint density at radius 3 is 2.19 bits per heavy atom. The van der Waals surface area contributed by atoms with Crippen LogP contribution in [-0.4, -0.2) is 15.0 Å². The van der Waals surface area contributed by atoms with Crippen LogP contribution in [0.4, 0.5) is 0 Å². The molecule has 3 heterocycles. The van der Waals surface area contributed by atoms with Gasteiger partial charge in [0.05, 0.1) is 16.8 Å². The Morgan fingerprint density at radius 1 is 0.677 bits per heavy atom. The molecule has 0 aliphatic carbocycles. The summed E-state index contributed by atoms with van der Waals surface area (Å²) >= 11 is 0. The Kier molecular flexibility index (Phi) is 3.80. The zero-order chi connectivity index (χ0) is 20.9. The van der Waals surface area contributed by atoms with E-state index in [4.69, 9.17) is 0 Å². The lowest BCUT2D eigenvalue weighted by Crippen LogP contribution is -2.19. The number of carbonyl (C=O) groups excluding carboxylic acids is 1. The van der Waals surface area contributed by atoms with Gasteiger partial charge in [0.25, 0.3) is 5.91 Å². The van der Waals surface area contributed by atoms with Crippen molar-refractivity contribution >= 4 is 16.8 Å². The van der Waals surface area contributed by atoms with Gasteiger partial charge in [0, 0.05) is 18.1 Å². The van der Waals surface area contributed by atoms with Gasteiger partial charge < -0.3 is 4.57 Å². The zero-order valence-electron chi connectivity index (χ0n) is 16.7. The van der Waals surface area contributed by atoms with Gasteiger partial charge >= 0.3 is 0 Å². The van der Waals surface area contributed by atoms with Gasteiger partial charge in [-0.15, -0.1) is 0 Å².